The van der Waals surface area contributed by atoms with Crippen LogP contribution in [-0.2, 0) is 27.2 Å². The van der Waals surface area contributed by atoms with E-state index in [9.17, 15) is 24.9 Å². The second kappa shape index (κ2) is 11.7. The zero-order valence-electron chi connectivity index (χ0n) is 17.3. The second-order valence-electron chi connectivity index (χ2n) is 7.83. The highest BCUT2D eigenvalue weighted by Gasteiger charge is 2.37. The Morgan fingerprint density at radius 3 is 1.73 bits per heavy atom. The highest BCUT2D eigenvalue weighted by Crippen LogP contribution is 2.14. The Balaban J connectivity index is 2.06. The summed E-state index contributed by atoms with van der Waals surface area (Å²) in [5.41, 5.74) is 1.56. The van der Waals surface area contributed by atoms with Crippen molar-refractivity contribution in [1.29, 1.82) is 0 Å². The summed E-state index contributed by atoms with van der Waals surface area (Å²) in [6.45, 7) is 4.17. The standard InChI is InChI=1S/C24H30O6/c1-16(2)15-30-20(14-18-11-7-4-8-12-18)22(27)24(29)23(28)21(26)19(25)13-17-9-5-3-6-10-17/h3-12,16,19-22,25-27H,13-15H2,1-2H3/t19?,20?,21-,22+/m1/s1. The zero-order chi connectivity index (χ0) is 22.1. The molecule has 6 nitrogen and oxygen atoms in total. The van der Waals surface area contributed by atoms with Gasteiger partial charge in [-0.05, 0) is 17.0 Å². The minimum Gasteiger partial charge on any atom is -0.390 e. The van der Waals surface area contributed by atoms with Crippen molar-refractivity contribution >= 4 is 11.6 Å². The van der Waals surface area contributed by atoms with Crippen molar-refractivity contribution in [1.82, 2.24) is 0 Å². The Labute approximate surface area is 177 Å². The molecule has 2 unspecified atom stereocenters. The van der Waals surface area contributed by atoms with Crippen molar-refractivity contribution in [3.8, 4) is 0 Å². The molecule has 2 aromatic rings. The van der Waals surface area contributed by atoms with Gasteiger partial charge in [-0.1, -0.05) is 74.5 Å². The fourth-order valence-electron chi connectivity index (χ4n) is 3.03. The van der Waals surface area contributed by atoms with Crippen LogP contribution in [0.4, 0.5) is 0 Å². The lowest BCUT2D eigenvalue weighted by atomic mass is 9.94. The molecular weight excluding hydrogens is 384 g/mol. The molecule has 30 heavy (non-hydrogen) atoms. The molecule has 0 aromatic heterocycles. The molecule has 0 aliphatic carbocycles. The quantitative estimate of drug-likeness (QED) is 0.457. The van der Waals surface area contributed by atoms with Crippen LogP contribution in [0.15, 0.2) is 60.7 Å². The Morgan fingerprint density at radius 2 is 1.23 bits per heavy atom. The number of carbonyl (C=O) groups excluding carboxylic acids is 2. The summed E-state index contributed by atoms with van der Waals surface area (Å²) >= 11 is 0. The summed E-state index contributed by atoms with van der Waals surface area (Å²) in [5, 5.41) is 30.9. The first kappa shape index (κ1) is 23.9. The summed E-state index contributed by atoms with van der Waals surface area (Å²) in [7, 11) is 0. The average Bonchev–Trinajstić information content (AvgIpc) is 2.75. The first-order chi connectivity index (χ1) is 14.3. The maximum Gasteiger partial charge on any atom is 0.232 e. The molecule has 3 N–H and O–H groups in total. The highest BCUT2D eigenvalue weighted by atomic mass is 16.5. The Hall–Kier alpha value is -2.38. The number of benzene rings is 2. The normalized spacial score (nSPS) is 15.4. The molecule has 0 heterocycles. The van der Waals surface area contributed by atoms with E-state index >= 15 is 0 Å². The van der Waals surface area contributed by atoms with Crippen LogP contribution in [0.1, 0.15) is 25.0 Å². The molecule has 0 bridgehead atoms. The minimum atomic E-state index is -1.92. The summed E-state index contributed by atoms with van der Waals surface area (Å²) in [5.74, 6) is -2.23. The van der Waals surface area contributed by atoms with Gasteiger partial charge in [0.25, 0.3) is 0 Å². The van der Waals surface area contributed by atoms with Crippen molar-refractivity contribution in [2.75, 3.05) is 6.61 Å². The molecule has 0 amide bonds. The molecular formula is C24H30O6. The molecule has 0 saturated carbocycles. The lowest BCUT2D eigenvalue weighted by molar-refractivity contribution is -0.154. The molecule has 0 radical (unpaired) electrons. The number of ether oxygens (including phenoxy) is 1. The number of aliphatic hydroxyl groups is 3. The summed E-state index contributed by atoms with van der Waals surface area (Å²) < 4.78 is 5.71. The van der Waals surface area contributed by atoms with E-state index in [1.54, 1.807) is 30.3 Å². The van der Waals surface area contributed by atoms with Gasteiger partial charge in [-0.3, -0.25) is 9.59 Å². The largest absolute Gasteiger partial charge is 0.390 e. The van der Waals surface area contributed by atoms with Gasteiger partial charge in [0, 0.05) is 19.4 Å². The second-order valence-corrected chi connectivity index (χ2v) is 7.83. The number of Topliss-reactive ketones (excluding diaryl/α,β-unsaturated/α-hetero) is 2. The van der Waals surface area contributed by atoms with Crippen LogP contribution in [0.3, 0.4) is 0 Å². The number of carbonyl (C=O) groups is 2. The third kappa shape index (κ3) is 7.15. The number of hydrogen-bond donors (Lipinski definition) is 3. The van der Waals surface area contributed by atoms with Crippen LogP contribution in [-0.4, -0.2) is 57.9 Å². The molecule has 4 atom stereocenters. The molecule has 0 fully saturated rings. The average molecular weight is 414 g/mol. The van der Waals surface area contributed by atoms with Gasteiger partial charge in [-0.15, -0.1) is 0 Å². The molecule has 6 heteroatoms. The Morgan fingerprint density at radius 1 is 0.767 bits per heavy atom. The van der Waals surface area contributed by atoms with E-state index in [-0.39, 0.29) is 18.8 Å². The van der Waals surface area contributed by atoms with E-state index in [0.717, 1.165) is 5.56 Å². The van der Waals surface area contributed by atoms with Crippen molar-refractivity contribution in [2.45, 2.75) is 51.1 Å². The zero-order valence-corrected chi connectivity index (χ0v) is 17.3. The Kier molecular flexibility index (Phi) is 9.33. The van der Waals surface area contributed by atoms with Crippen molar-refractivity contribution < 1.29 is 29.6 Å². The van der Waals surface area contributed by atoms with E-state index in [0.29, 0.717) is 12.2 Å². The van der Waals surface area contributed by atoms with Crippen LogP contribution in [0.2, 0.25) is 0 Å². The third-order valence-corrected chi connectivity index (χ3v) is 4.71. The predicted molar refractivity (Wildman–Crippen MR) is 113 cm³/mol. The van der Waals surface area contributed by atoms with Crippen molar-refractivity contribution in [2.24, 2.45) is 5.92 Å². The topological polar surface area (TPSA) is 104 Å². The first-order valence-corrected chi connectivity index (χ1v) is 10.1. The third-order valence-electron chi connectivity index (χ3n) is 4.71. The van der Waals surface area contributed by atoms with E-state index in [2.05, 4.69) is 0 Å². The molecule has 0 aliphatic rings. The van der Waals surface area contributed by atoms with Gasteiger partial charge in [0.1, 0.15) is 12.2 Å². The number of ketones is 2. The molecule has 2 rings (SSSR count). The highest BCUT2D eigenvalue weighted by molar-refractivity contribution is 6.40. The lowest BCUT2D eigenvalue weighted by Gasteiger charge is -2.24. The van der Waals surface area contributed by atoms with Crippen LogP contribution < -0.4 is 0 Å². The van der Waals surface area contributed by atoms with Crippen LogP contribution in [0.25, 0.3) is 0 Å². The SMILES string of the molecule is CC(C)COC(Cc1ccccc1)[C@H](O)C(=O)C(=O)[C@H](O)C(O)Cc1ccccc1. The fourth-order valence-corrected chi connectivity index (χ4v) is 3.03. The smallest absolute Gasteiger partial charge is 0.232 e. The summed E-state index contributed by atoms with van der Waals surface area (Å²) in [6.07, 6.45) is -5.82. The van der Waals surface area contributed by atoms with Crippen molar-refractivity contribution in [3.63, 3.8) is 0 Å². The first-order valence-electron chi connectivity index (χ1n) is 10.1. The van der Waals surface area contributed by atoms with Gasteiger partial charge in [0.2, 0.25) is 11.6 Å². The maximum atomic E-state index is 12.6. The monoisotopic (exact) mass is 414 g/mol. The van der Waals surface area contributed by atoms with Gasteiger partial charge in [0.15, 0.2) is 0 Å². The van der Waals surface area contributed by atoms with Gasteiger partial charge in [0.05, 0.1) is 12.2 Å². The number of hydrogen-bond acceptors (Lipinski definition) is 6. The van der Waals surface area contributed by atoms with Crippen molar-refractivity contribution in [3.05, 3.63) is 71.8 Å². The molecule has 2 aromatic carbocycles. The van der Waals surface area contributed by atoms with Gasteiger partial charge < -0.3 is 20.1 Å². The Bertz CT molecular complexity index is 790. The molecule has 162 valence electrons. The van der Waals surface area contributed by atoms with Crippen LogP contribution in [0, 0.1) is 5.92 Å². The summed E-state index contributed by atoms with van der Waals surface area (Å²) in [6, 6.07) is 18.0. The number of aliphatic hydroxyl groups excluding tert-OH is 3. The van der Waals surface area contributed by atoms with Gasteiger partial charge in [-0.25, -0.2) is 0 Å². The van der Waals surface area contributed by atoms with E-state index in [1.807, 2.05) is 44.2 Å². The van der Waals surface area contributed by atoms with Crippen LogP contribution >= 0.6 is 0 Å². The predicted octanol–water partition coefficient (Wildman–Crippen LogP) is 1.73. The molecule has 0 spiro atoms. The fraction of sp³-hybridized carbons (Fsp3) is 0.417. The van der Waals surface area contributed by atoms with Crippen LogP contribution in [0.5, 0.6) is 0 Å². The summed E-state index contributed by atoms with van der Waals surface area (Å²) in [4.78, 5) is 25.0. The lowest BCUT2D eigenvalue weighted by Crippen LogP contribution is -2.48. The van der Waals surface area contributed by atoms with Gasteiger partial charge in [-0.2, -0.15) is 0 Å². The van der Waals surface area contributed by atoms with E-state index in [4.69, 9.17) is 4.74 Å². The molecule has 0 saturated heterocycles. The molecule has 0 aliphatic heterocycles. The maximum absolute atomic E-state index is 12.6. The number of rotatable bonds is 12. The minimum absolute atomic E-state index is 0.00835. The van der Waals surface area contributed by atoms with E-state index < -0.39 is 36.0 Å². The van der Waals surface area contributed by atoms with E-state index in [1.165, 1.54) is 0 Å². The van der Waals surface area contributed by atoms with Gasteiger partial charge >= 0.3 is 0 Å².